The second-order valence-corrected chi connectivity index (χ2v) is 34.3. The van der Waals surface area contributed by atoms with Gasteiger partial charge in [0.1, 0.15) is 25.4 Å². The van der Waals surface area contributed by atoms with Gasteiger partial charge in [0.25, 0.3) is 0 Å². The number of carbonyl (C=O) groups excluding carboxylic acids is 3. The highest BCUT2D eigenvalue weighted by Gasteiger charge is 2.29. The second kappa shape index (κ2) is 92.1. The quantitative estimate of drug-likeness (QED) is 0.0146. The molecule has 0 aromatic heterocycles. The Kier molecular flexibility index (Phi) is 88.2. The molecule has 0 aromatic rings. The Bertz CT molecular complexity index is 2840. The summed E-state index contributed by atoms with van der Waals surface area (Å²) in [7, 11) is -9.82. The number of aliphatic hydroxyl groups excluding tert-OH is 2. The third kappa shape index (κ3) is 93.5. The van der Waals surface area contributed by atoms with E-state index in [4.69, 9.17) is 32.3 Å². The van der Waals surface area contributed by atoms with Gasteiger partial charge in [-0.1, -0.05) is 384 Å². The number of allylic oxidation sites excluding steroid dienone is 28. The van der Waals surface area contributed by atoms with E-state index in [1.165, 1.54) is 154 Å². The fourth-order valence-electron chi connectivity index (χ4n) is 12.7. The standard InChI is InChI=1S/C101H172O16P2/c1-4-7-10-13-16-19-22-25-28-31-34-37-40-42-43-44-45-46-47-48-49-50-51-53-56-57-60-63-66-69-72-75-78-81-84-87-99(104)111-90-96(102)91-113-118(107,108)114-92-97(103)93-115-119(109,110)116-95-98(117-101(106)89-86-83-80-77-74-71-68-65-62-59-54-39-36-33-30-27-24-21-18-15-12-9-6-3)94-112-100(105)88-85-82-79-76-73-70-67-64-61-58-55-52-41-38-35-32-29-26-23-20-17-14-11-8-5-2/h8,11,16-21,25-30,34-39,42-43,52,55,59,61-62,64,96-98,102-103H,4-7,9-10,12-15,22-24,31-33,40-41,44-51,53-54,56-58,60,63,65-95H2,1-3H3,(H,107,108)(H,109,110)/b11-8-,19-16-,20-17-,21-18-,28-25-,29-26-,30-27-,37-34-,38-35-,39-36-,43-42-,55-52-,62-59-,64-61-. The Morgan fingerprint density at radius 1 is 0.244 bits per heavy atom. The Morgan fingerprint density at radius 2 is 0.445 bits per heavy atom. The van der Waals surface area contributed by atoms with E-state index in [1.807, 2.05) is 0 Å². The van der Waals surface area contributed by atoms with Gasteiger partial charge < -0.3 is 34.2 Å². The minimum atomic E-state index is -4.95. The number of phosphoric acid groups is 2. The number of hydrogen-bond acceptors (Lipinski definition) is 14. The number of aliphatic hydroxyl groups is 2. The molecule has 0 aliphatic rings. The second-order valence-electron chi connectivity index (χ2n) is 31.4. The summed E-state index contributed by atoms with van der Waals surface area (Å²) in [6, 6.07) is 0. The van der Waals surface area contributed by atoms with Gasteiger partial charge in [-0.15, -0.1) is 0 Å². The first-order chi connectivity index (χ1) is 58.2. The van der Waals surface area contributed by atoms with Crippen molar-refractivity contribution in [3.8, 4) is 0 Å². The molecule has 0 aromatic carbocycles. The fraction of sp³-hybridized carbons (Fsp3) is 0.693. The summed E-state index contributed by atoms with van der Waals surface area (Å²) in [6.07, 6.45) is 120. The van der Waals surface area contributed by atoms with Crippen LogP contribution < -0.4 is 0 Å². The molecule has 5 atom stereocenters. The van der Waals surface area contributed by atoms with Crippen molar-refractivity contribution < 1.29 is 75.8 Å². The van der Waals surface area contributed by atoms with Crippen LogP contribution in [0.5, 0.6) is 0 Å². The molecule has 682 valence electrons. The summed E-state index contributed by atoms with van der Waals surface area (Å²) in [6.45, 7) is 2.52. The first-order valence-electron chi connectivity index (χ1n) is 47.4. The van der Waals surface area contributed by atoms with Crippen LogP contribution in [0.2, 0.25) is 0 Å². The van der Waals surface area contributed by atoms with E-state index in [-0.39, 0.29) is 19.3 Å². The van der Waals surface area contributed by atoms with E-state index in [1.54, 1.807) is 0 Å². The van der Waals surface area contributed by atoms with Crippen molar-refractivity contribution >= 4 is 33.6 Å². The molecule has 0 spiro atoms. The Balaban J connectivity index is 4.57. The molecule has 16 nitrogen and oxygen atoms in total. The zero-order chi connectivity index (χ0) is 86.5. The van der Waals surface area contributed by atoms with Crippen molar-refractivity contribution in [2.24, 2.45) is 0 Å². The molecule has 0 rings (SSSR count). The maximum Gasteiger partial charge on any atom is 0.472 e. The van der Waals surface area contributed by atoms with Gasteiger partial charge in [0.15, 0.2) is 6.10 Å². The third-order valence-corrected chi connectivity index (χ3v) is 21.8. The zero-order valence-corrected chi connectivity index (χ0v) is 77.0. The summed E-state index contributed by atoms with van der Waals surface area (Å²) in [4.78, 5) is 59.0. The van der Waals surface area contributed by atoms with Crippen LogP contribution in [0.4, 0.5) is 0 Å². The molecule has 0 aliphatic carbocycles. The van der Waals surface area contributed by atoms with Crippen LogP contribution in [-0.2, 0) is 55.8 Å². The average molecular weight is 1700 g/mol. The lowest BCUT2D eigenvalue weighted by molar-refractivity contribution is -0.161. The van der Waals surface area contributed by atoms with Gasteiger partial charge in [0, 0.05) is 19.3 Å². The molecule has 0 saturated carbocycles. The highest BCUT2D eigenvalue weighted by Crippen LogP contribution is 2.45. The topological polar surface area (TPSA) is 231 Å². The number of esters is 3. The van der Waals surface area contributed by atoms with Gasteiger partial charge in [-0.25, -0.2) is 9.13 Å². The van der Waals surface area contributed by atoms with E-state index >= 15 is 0 Å². The Morgan fingerprint density at radius 3 is 0.706 bits per heavy atom. The molecule has 0 bridgehead atoms. The smallest absolute Gasteiger partial charge is 0.463 e. The molecular weight excluding hydrogens is 1530 g/mol. The van der Waals surface area contributed by atoms with Crippen molar-refractivity contribution in [1.82, 2.24) is 0 Å². The van der Waals surface area contributed by atoms with E-state index < -0.39 is 91.5 Å². The molecule has 119 heavy (non-hydrogen) atoms. The number of ether oxygens (including phenoxy) is 3. The molecule has 4 N–H and O–H groups in total. The van der Waals surface area contributed by atoms with Crippen molar-refractivity contribution in [1.29, 1.82) is 0 Å². The predicted octanol–water partition coefficient (Wildman–Crippen LogP) is 29.4. The Hall–Kier alpha value is -5.09. The van der Waals surface area contributed by atoms with Crippen LogP contribution in [0.15, 0.2) is 170 Å². The number of hydrogen-bond donors (Lipinski definition) is 4. The Labute approximate surface area is 726 Å². The summed E-state index contributed by atoms with van der Waals surface area (Å²) < 4.78 is 61.5. The van der Waals surface area contributed by atoms with Crippen molar-refractivity contribution in [2.45, 2.75) is 411 Å². The lowest BCUT2D eigenvalue weighted by Crippen LogP contribution is -2.30. The first kappa shape index (κ1) is 114. The first-order valence-corrected chi connectivity index (χ1v) is 50.4. The molecule has 18 heteroatoms. The summed E-state index contributed by atoms with van der Waals surface area (Å²) in [5, 5.41) is 20.8. The van der Waals surface area contributed by atoms with Crippen molar-refractivity contribution in [3.63, 3.8) is 0 Å². The average Bonchev–Trinajstić information content (AvgIpc) is 0.903. The minimum Gasteiger partial charge on any atom is -0.463 e. The number of rotatable bonds is 89. The highest BCUT2D eigenvalue weighted by molar-refractivity contribution is 7.47. The fourth-order valence-corrected chi connectivity index (χ4v) is 14.3. The van der Waals surface area contributed by atoms with Crippen LogP contribution in [0.3, 0.4) is 0 Å². The molecule has 0 aliphatic heterocycles. The van der Waals surface area contributed by atoms with Gasteiger partial charge in [-0.3, -0.25) is 32.5 Å². The third-order valence-electron chi connectivity index (χ3n) is 19.9. The van der Waals surface area contributed by atoms with Gasteiger partial charge in [0.2, 0.25) is 0 Å². The van der Waals surface area contributed by atoms with Gasteiger partial charge in [0.05, 0.1) is 26.4 Å². The van der Waals surface area contributed by atoms with Gasteiger partial charge in [-0.2, -0.15) is 0 Å². The molecule has 0 radical (unpaired) electrons. The maximum atomic E-state index is 13.1. The summed E-state index contributed by atoms with van der Waals surface area (Å²) in [5.74, 6) is -1.60. The van der Waals surface area contributed by atoms with Crippen LogP contribution in [0.1, 0.15) is 393 Å². The SMILES string of the molecule is CC/C=C\C/C=C\C/C=C\C/C=C\C/C=C\C/C=C\CCCCCCCCC(=O)OCC(COP(=O)(O)OCC(O)COP(=O)(O)OCC(O)COC(=O)CCCCCCCCCCCCCCCCCCCCC/C=C\C/C=C\C/C=C\C/C=C\CCCCC)OC(=O)CCCCCCCCC/C=C\C/C=C\C/C=C\C/C=C\CCCCC. The van der Waals surface area contributed by atoms with E-state index in [0.717, 1.165) is 180 Å². The van der Waals surface area contributed by atoms with Crippen molar-refractivity contribution in [2.75, 3.05) is 39.6 Å². The van der Waals surface area contributed by atoms with Crippen molar-refractivity contribution in [3.05, 3.63) is 170 Å². The normalized spacial score (nSPS) is 14.5. The molecule has 0 amide bonds. The summed E-state index contributed by atoms with van der Waals surface area (Å²) in [5.41, 5.74) is 0. The largest absolute Gasteiger partial charge is 0.472 e. The predicted molar refractivity (Wildman–Crippen MR) is 500 cm³/mol. The molecular formula is C101H172O16P2. The minimum absolute atomic E-state index is 0.0835. The lowest BCUT2D eigenvalue weighted by Gasteiger charge is -2.21. The lowest BCUT2D eigenvalue weighted by atomic mass is 10.0. The van der Waals surface area contributed by atoms with Gasteiger partial charge in [-0.05, 0) is 161 Å². The van der Waals surface area contributed by atoms with Crippen LogP contribution >= 0.6 is 15.6 Å². The van der Waals surface area contributed by atoms with E-state index in [2.05, 4.69) is 191 Å². The number of carbonyl (C=O) groups is 3. The van der Waals surface area contributed by atoms with Crippen LogP contribution in [0, 0.1) is 0 Å². The van der Waals surface area contributed by atoms with Crippen LogP contribution in [0.25, 0.3) is 0 Å². The molecule has 5 unspecified atom stereocenters. The highest BCUT2D eigenvalue weighted by atomic mass is 31.2. The van der Waals surface area contributed by atoms with E-state index in [9.17, 15) is 43.5 Å². The molecule has 0 saturated heterocycles. The van der Waals surface area contributed by atoms with Crippen LogP contribution in [-0.4, -0.2) is 95.9 Å². The van der Waals surface area contributed by atoms with E-state index in [0.29, 0.717) is 19.3 Å². The number of phosphoric ester groups is 2. The van der Waals surface area contributed by atoms with Gasteiger partial charge >= 0.3 is 33.6 Å². The summed E-state index contributed by atoms with van der Waals surface area (Å²) >= 11 is 0. The number of unbranched alkanes of at least 4 members (excludes halogenated alkanes) is 38. The maximum absolute atomic E-state index is 13.1. The molecule has 0 fully saturated rings. The zero-order valence-electron chi connectivity index (χ0n) is 75.2. The molecule has 0 heterocycles. The monoisotopic (exact) mass is 1700 g/mol.